The van der Waals surface area contributed by atoms with Crippen LogP contribution in [0.15, 0.2) is 54.7 Å². The van der Waals surface area contributed by atoms with Crippen molar-refractivity contribution in [2.75, 3.05) is 23.8 Å². The van der Waals surface area contributed by atoms with E-state index in [0.29, 0.717) is 5.56 Å². The maximum atomic E-state index is 13.3. The molecule has 0 radical (unpaired) electrons. The zero-order valence-corrected chi connectivity index (χ0v) is 16.6. The molecular formula is C22H25FN4O. The standard InChI is InChI=1S/C22H25FN4O/c1-5-26(4)19-8-6-7-17(13-19)25-22(28)20-14-24-27(21(20)15(2)3)18-11-9-16(23)10-12-18/h6-15H,5H2,1-4H3,(H,25,28). The van der Waals surface area contributed by atoms with Crippen molar-refractivity contribution in [1.82, 2.24) is 9.78 Å². The smallest absolute Gasteiger partial charge is 0.259 e. The summed E-state index contributed by atoms with van der Waals surface area (Å²) in [6.07, 6.45) is 1.57. The molecule has 146 valence electrons. The molecule has 1 heterocycles. The lowest BCUT2D eigenvalue weighted by Gasteiger charge is -2.18. The van der Waals surface area contributed by atoms with Crippen molar-refractivity contribution in [3.05, 3.63) is 71.8 Å². The van der Waals surface area contributed by atoms with Crippen LogP contribution >= 0.6 is 0 Å². The molecule has 0 aliphatic rings. The van der Waals surface area contributed by atoms with Crippen LogP contribution in [0.4, 0.5) is 15.8 Å². The van der Waals surface area contributed by atoms with Gasteiger partial charge in [0.2, 0.25) is 0 Å². The molecule has 28 heavy (non-hydrogen) atoms. The number of rotatable bonds is 6. The zero-order chi connectivity index (χ0) is 20.3. The maximum Gasteiger partial charge on any atom is 0.259 e. The summed E-state index contributed by atoms with van der Waals surface area (Å²) in [5.41, 5.74) is 3.77. The van der Waals surface area contributed by atoms with Crippen LogP contribution in [0.3, 0.4) is 0 Å². The average molecular weight is 380 g/mol. The van der Waals surface area contributed by atoms with Crippen molar-refractivity contribution < 1.29 is 9.18 Å². The van der Waals surface area contributed by atoms with Gasteiger partial charge in [0.1, 0.15) is 5.82 Å². The number of halogens is 1. The van der Waals surface area contributed by atoms with Gasteiger partial charge >= 0.3 is 0 Å². The molecule has 0 bridgehead atoms. The lowest BCUT2D eigenvalue weighted by molar-refractivity contribution is 0.102. The summed E-state index contributed by atoms with van der Waals surface area (Å²) in [4.78, 5) is 15.0. The molecule has 0 spiro atoms. The van der Waals surface area contributed by atoms with Crippen LogP contribution in [0.5, 0.6) is 0 Å². The second kappa shape index (κ2) is 8.25. The SMILES string of the molecule is CCN(C)c1cccc(NC(=O)c2cnn(-c3ccc(F)cc3)c2C(C)C)c1. The number of amides is 1. The summed E-state index contributed by atoms with van der Waals surface area (Å²) in [5.74, 6) is -0.462. The van der Waals surface area contributed by atoms with E-state index in [1.54, 1.807) is 23.0 Å². The number of hydrogen-bond donors (Lipinski definition) is 1. The normalized spacial score (nSPS) is 10.9. The van der Waals surface area contributed by atoms with E-state index >= 15 is 0 Å². The van der Waals surface area contributed by atoms with E-state index in [9.17, 15) is 9.18 Å². The number of aromatic nitrogens is 2. The predicted molar refractivity (Wildman–Crippen MR) is 111 cm³/mol. The Morgan fingerprint density at radius 2 is 1.93 bits per heavy atom. The van der Waals surface area contributed by atoms with E-state index in [1.165, 1.54) is 12.1 Å². The monoisotopic (exact) mass is 380 g/mol. The number of carbonyl (C=O) groups excluding carboxylic acids is 1. The van der Waals surface area contributed by atoms with E-state index in [0.717, 1.165) is 29.3 Å². The zero-order valence-electron chi connectivity index (χ0n) is 16.6. The summed E-state index contributed by atoms with van der Waals surface area (Å²) in [6, 6.07) is 13.8. The molecule has 1 N–H and O–H groups in total. The van der Waals surface area contributed by atoms with E-state index in [-0.39, 0.29) is 17.6 Å². The van der Waals surface area contributed by atoms with Crippen LogP contribution in [-0.4, -0.2) is 29.3 Å². The Morgan fingerprint density at radius 1 is 1.21 bits per heavy atom. The topological polar surface area (TPSA) is 50.2 Å². The lowest BCUT2D eigenvalue weighted by Crippen LogP contribution is -2.17. The first-order chi connectivity index (χ1) is 13.4. The molecule has 2 aromatic carbocycles. The van der Waals surface area contributed by atoms with Gasteiger partial charge in [-0.25, -0.2) is 9.07 Å². The molecule has 5 nitrogen and oxygen atoms in total. The Labute approximate surface area is 164 Å². The van der Waals surface area contributed by atoms with Gasteiger partial charge in [0.15, 0.2) is 0 Å². The van der Waals surface area contributed by atoms with E-state index in [1.807, 2.05) is 45.2 Å². The fourth-order valence-electron chi connectivity index (χ4n) is 3.08. The average Bonchev–Trinajstić information content (AvgIpc) is 3.13. The van der Waals surface area contributed by atoms with E-state index in [4.69, 9.17) is 0 Å². The Bertz CT molecular complexity index is 963. The maximum absolute atomic E-state index is 13.3. The molecule has 3 rings (SSSR count). The Morgan fingerprint density at radius 3 is 2.57 bits per heavy atom. The first-order valence-corrected chi connectivity index (χ1v) is 9.37. The molecule has 0 unspecified atom stereocenters. The summed E-state index contributed by atoms with van der Waals surface area (Å²) in [5, 5.41) is 7.35. The van der Waals surface area contributed by atoms with E-state index < -0.39 is 0 Å². The molecule has 0 aliphatic heterocycles. The first-order valence-electron chi connectivity index (χ1n) is 9.37. The minimum atomic E-state index is -0.308. The van der Waals surface area contributed by atoms with Gasteiger partial charge in [-0.05, 0) is 55.3 Å². The molecule has 0 saturated heterocycles. The molecular weight excluding hydrogens is 355 g/mol. The van der Waals surface area contributed by atoms with Crippen molar-refractivity contribution in [3.63, 3.8) is 0 Å². The Balaban J connectivity index is 1.91. The summed E-state index contributed by atoms with van der Waals surface area (Å²) >= 11 is 0. The highest BCUT2D eigenvalue weighted by Crippen LogP contribution is 2.25. The van der Waals surface area contributed by atoms with Gasteiger partial charge in [0.05, 0.1) is 23.1 Å². The molecule has 0 atom stereocenters. The van der Waals surface area contributed by atoms with Crippen LogP contribution < -0.4 is 10.2 Å². The van der Waals surface area contributed by atoms with Gasteiger partial charge in [-0.15, -0.1) is 0 Å². The quantitative estimate of drug-likeness (QED) is 0.665. The minimum Gasteiger partial charge on any atom is -0.375 e. The number of anilines is 2. The number of hydrogen-bond acceptors (Lipinski definition) is 3. The third-order valence-electron chi connectivity index (χ3n) is 4.69. The van der Waals surface area contributed by atoms with Crippen molar-refractivity contribution in [2.45, 2.75) is 26.7 Å². The number of carbonyl (C=O) groups is 1. The highest BCUT2D eigenvalue weighted by atomic mass is 19.1. The molecule has 0 fully saturated rings. The van der Waals surface area contributed by atoms with E-state index in [2.05, 4.69) is 22.2 Å². The first kappa shape index (κ1) is 19.6. The number of nitrogens with zero attached hydrogens (tertiary/aromatic N) is 3. The molecule has 1 aromatic heterocycles. The number of benzene rings is 2. The van der Waals surface area contributed by atoms with Gasteiger partial charge < -0.3 is 10.2 Å². The van der Waals surface area contributed by atoms with Gasteiger partial charge in [-0.1, -0.05) is 19.9 Å². The third kappa shape index (κ3) is 4.06. The van der Waals surface area contributed by atoms with Gasteiger partial charge in [-0.2, -0.15) is 5.10 Å². The van der Waals surface area contributed by atoms with Crippen molar-refractivity contribution in [1.29, 1.82) is 0 Å². The van der Waals surface area contributed by atoms with Crippen molar-refractivity contribution in [3.8, 4) is 5.69 Å². The highest BCUT2D eigenvalue weighted by molar-refractivity contribution is 6.05. The molecule has 6 heteroatoms. The second-order valence-electron chi connectivity index (χ2n) is 7.01. The fourth-order valence-corrected chi connectivity index (χ4v) is 3.08. The third-order valence-corrected chi connectivity index (χ3v) is 4.69. The van der Waals surface area contributed by atoms with Crippen LogP contribution in [-0.2, 0) is 0 Å². The summed E-state index contributed by atoms with van der Waals surface area (Å²) in [7, 11) is 2.00. The Kier molecular flexibility index (Phi) is 5.78. The summed E-state index contributed by atoms with van der Waals surface area (Å²) in [6.45, 7) is 6.96. The molecule has 1 amide bonds. The van der Waals surface area contributed by atoms with Crippen LogP contribution in [0.25, 0.3) is 5.69 Å². The minimum absolute atomic E-state index is 0.0610. The van der Waals surface area contributed by atoms with Crippen molar-refractivity contribution >= 4 is 17.3 Å². The van der Waals surface area contributed by atoms with Gasteiger partial charge in [0.25, 0.3) is 5.91 Å². The highest BCUT2D eigenvalue weighted by Gasteiger charge is 2.21. The van der Waals surface area contributed by atoms with Crippen molar-refractivity contribution in [2.24, 2.45) is 0 Å². The lowest BCUT2D eigenvalue weighted by atomic mass is 10.0. The molecule has 3 aromatic rings. The number of nitrogens with one attached hydrogen (secondary N) is 1. The van der Waals surface area contributed by atoms with Gasteiger partial charge in [-0.3, -0.25) is 4.79 Å². The molecule has 0 aliphatic carbocycles. The fraction of sp³-hybridized carbons (Fsp3) is 0.273. The Hall–Kier alpha value is -3.15. The second-order valence-corrected chi connectivity index (χ2v) is 7.01. The predicted octanol–water partition coefficient (Wildman–Crippen LogP) is 4.84. The molecule has 0 saturated carbocycles. The van der Waals surface area contributed by atoms with Crippen LogP contribution in [0.1, 0.15) is 42.7 Å². The largest absolute Gasteiger partial charge is 0.375 e. The van der Waals surface area contributed by atoms with Gasteiger partial charge in [0, 0.05) is 25.0 Å². The summed E-state index contributed by atoms with van der Waals surface area (Å²) < 4.78 is 14.9. The van der Waals surface area contributed by atoms with Crippen LogP contribution in [0.2, 0.25) is 0 Å². The van der Waals surface area contributed by atoms with Crippen LogP contribution in [0, 0.1) is 5.82 Å².